The lowest BCUT2D eigenvalue weighted by Gasteiger charge is -2.07. The van der Waals surface area contributed by atoms with E-state index in [4.69, 9.17) is 14.7 Å². The molecule has 0 atom stereocenters. The molecular weight excluding hydrogens is 316 g/mol. The molecule has 0 aliphatic heterocycles. The van der Waals surface area contributed by atoms with Gasteiger partial charge in [-0.05, 0) is 30.3 Å². The molecular formula is C16H14N2O6. The van der Waals surface area contributed by atoms with Crippen molar-refractivity contribution in [3.63, 3.8) is 0 Å². The van der Waals surface area contributed by atoms with Crippen molar-refractivity contribution in [1.29, 1.82) is 0 Å². The Morgan fingerprint density at radius 2 is 1.92 bits per heavy atom. The molecule has 0 saturated heterocycles. The second-order valence-corrected chi connectivity index (χ2v) is 4.66. The maximum atomic E-state index is 12.0. The largest absolute Gasteiger partial charge is 0.497 e. The van der Waals surface area contributed by atoms with E-state index in [2.05, 4.69) is 5.16 Å². The Labute approximate surface area is 137 Å². The third-order valence-electron chi connectivity index (χ3n) is 3.18. The van der Waals surface area contributed by atoms with Crippen LogP contribution >= 0.6 is 0 Å². The van der Waals surface area contributed by atoms with Gasteiger partial charge in [-0.1, -0.05) is 11.2 Å². The molecule has 0 saturated carbocycles. The number of nitro benzene ring substituents is 1. The Balaban J connectivity index is 2.06. The van der Waals surface area contributed by atoms with Crippen LogP contribution in [0.15, 0.2) is 53.7 Å². The molecule has 0 heterocycles. The summed E-state index contributed by atoms with van der Waals surface area (Å²) in [6, 6.07) is 11.8. The number of rotatable bonds is 6. The van der Waals surface area contributed by atoms with Crippen molar-refractivity contribution in [3.8, 4) is 5.75 Å². The number of esters is 1. The SMILES string of the molecule is COc1ccc(/C(COC(=O)c2cccc([N+](=O)[O-])c2)=N\O)cc1. The van der Waals surface area contributed by atoms with Crippen LogP contribution in [0.5, 0.6) is 5.75 Å². The van der Waals surface area contributed by atoms with Crippen molar-refractivity contribution in [3.05, 3.63) is 69.8 Å². The van der Waals surface area contributed by atoms with Gasteiger partial charge in [-0.25, -0.2) is 4.79 Å². The second kappa shape index (κ2) is 7.73. The molecule has 0 fully saturated rings. The Bertz CT molecular complexity index is 770. The Morgan fingerprint density at radius 3 is 2.50 bits per heavy atom. The summed E-state index contributed by atoms with van der Waals surface area (Å²) in [7, 11) is 1.52. The zero-order valence-electron chi connectivity index (χ0n) is 12.7. The number of carbonyl (C=O) groups is 1. The lowest BCUT2D eigenvalue weighted by Crippen LogP contribution is -2.15. The summed E-state index contributed by atoms with van der Waals surface area (Å²) < 4.78 is 10.1. The predicted octanol–water partition coefficient (Wildman–Crippen LogP) is 2.64. The summed E-state index contributed by atoms with van der Waals surface area (Å²) in [6.45, 7) is -0.287. The number of carbonyl (C=O) groups excluding carboxylic acids is 1. The number of nitrogens with zero attached hydrogens (tertiary/aromatic N) is 2. The minimum Gasteiger partial charge on any atom is -0.497 e. The van der Waals surface area contributed by atoms with Crippen molar-refractivity contribution in [2.24, 2.45) is 5.16 Å². The van der Waals surface area contributed by atoms with Crippen LogP contribution in [0.3, 0.4) is 0 Å². The van der Waals surface area contributed by atoms with E-state index < -0.39 is 10.9 Å². The molecule has 0 unspecified atom stereocenters. The summed E-state index contributed by atoms with van der Waals surface area (Å²) >= 11 is 0. The Morgan fingerprint density at radius 1 is 1.21 bits per heavy atom. The van der Waals surface area contributed by atoms with E-state index in [1.165, 1.54) is 25.3 Å². The molecule has 0 radical (unpaired) electrons. The van der Waals surface area contributed by atoms with Crippen LogP contribution in [0.4, 0.5) is 5.69 Å². The van der Waals surface area contributed by atoms with Crippen LogP contribution in [-0.2, 0) is 4.74 Å². The van der Waals surface area contributed by atoms with E-state index in [0.29, 0.717) is 11.3 Å². The highest BCUT2D eigenvalue weighted by molar-refractivity contribution is 6.02. The van der Waals surface area contributed by atoms with Crippen LogP contribution in [-0.4, -0.2) is 35.5 Å². The Kier molecular flexibility index (Phi) is 5.45. The summed E-state index contributed by atoms with van der Waals surface area (Å²) in [5.74, 6) is -0.127. The maximum Gasteiger partial charge on any atom is 0.338 e. The molecule has 8 nitrogen and oxygen atoms in total. The summed E-state index contributed by atoms with van der Waals surface area (Å²) in [6.07, 6.45) is 0. The normalized spacial score (nSPS) is 11.0. The number of ether oxygens (including phenoxy) is 2. The summed E-state index contributed by atoms with van der Waals surface area (Å²) in [4.78, 5) is 22.1. The maximum absolute atomic E-state index is 12.0. The number of hydrogen-bond donors (Lipinski definition) is 1. The van der Waals surface area contributed by atoms with Crippen LogP contribution in [0.25, 0.3) is 0 Å². The van der Waals surface area contributed by atoms with Gasteiger partial charge in [0.05, 0.1) is 17.6 Å². The molecule has 2 aromatic rings. The van der Waals surface area contributed by atoms with E-state index in [0.717, 1.165) is 6.07 Å². The minimum atomic E-state index is -0.756. The third kappa shape index (κ3) is 4.07. The number of methoxy groups -OCH3 is 1. The first-order valence-electron chi connectivity index (χ1n) is 6.82. The van der Waals surface area contributed by atoms with Gasteiger partial charge in [0.2, 0.25) is 0 Å². The number of hydrogen-bond acceptors (Lipinski definition) is 7. The molecule has 0 amide bonds. The zero-order chi connectivity index (χ0) is 17.5. The quantitative estimate of drug-likeness (QED) is 0.286. The van der Waals surface area contributed by atoms with Crippen molar-refractivity contribution in [1.82, 2.24) is 0 Å². The van der Waals surface area contributed by atoms with Gasteiger partial charge in [0, 0.05) is 17.7 Å². The summed E-state index contributed by atoms with van der Waals surface area (Å²) in [5, 5.41) is 22.9. The second-order valence-electron chi connectivity index (χ2n) is 4.66. The molecule has 0 aliphatic carbocycles. The number of benzene rings is 2. The van der Waals surface area contributed by atoms with Crippen LogP contribution in [0, 0.1) is 10.1 Å². The highest BCUT2D eigenvalue weighted by atomic mass is 16.6. The number of nitro groups is 1. The predicted molar refractivity (Wildman–Crippen MR) is 84.7 cm³/mol. The molecule has 1 N–H and O–H groups in total. The van der Waals surface area contributed by atoms with Gasteiger partial charge in [0.1, 0.15) is 18.1 Å². The van der Waals surface area contributed by atoms with Crippen LogP contribution in [0.2, 0.25) is 0 Å². The first-order chi connectivity index (χ1) is 11.5. The first-order valence-corrected chi connectivity index (χ1v) is 6.82. The highest BCUT2D eigenvalue weighted by Crippen LogP contribution is 2.15. The molecule has 124 valence electrons. The van der Waals surface area contributed by atoms with Crippen LogP contribution < -0.4 is 4.74 Å². The van der Waals surface area contributed by atoms with Gasteiger partial charge in [0.15, 0.2) is 0 Å². The first kappa shape index (κ1) is 16.9. The molecule has 2 aromatic carbocycles. The van der Waals surface area contributed by atoms with Crippen molar-refractivity contribution >= 4 is 17.4 Å². The van der Waals surface area contributed by atoms with E-state index in [9.17, 15) is 14.9 Å². The molecule has 24 heavy (non-hydrogen) atoms. The minimum absolute atomic E-state index is 0.0382. The average Bonchev–Trinajstić information content (AvgIpc) is 2.62. The monoisotopic (exact) mass is 330 g/mol. The van der Waals surface area contributed by atoms with Crippen molar-refractivity contribution in [2.75, 3.05) is 13.7 Å². The van der Waals surface area contributed by atoms with Crippen molar-refractivity contribution in [2.45, 2.75) is 0 Å². The van der Waals surface area contributed by atoms with Gasteiger partial charge in [0.25, 0.3) is 5.69 Å². The molecule has 0 aliphatic rings. The number of oxime groups is 1. The fourth-order valence-corrected chi connectivity index (χ4v) is 1.92. The highest BCUT2D eigenvalue weighted by Gasteiger charge is 2.14. The Hall–Kier alpha value is -3.42. The fraction of sp³-hybridized carbons (Fsp3) is 0.125. The zero-order valence-corrected chi connectivity index (χ0v) is 12.7. The van der Waals surface area contributed by atoms with Gasteiger partial charge in [-0.2, -0.15) is 0 Å². The summed E-state index contributed by atoms with van der Waals surface area (Å²) in [5.41, 5.74) is 0.508. The third-order valence-corrected chi connectivity index (χ3v) is 3.18. The standard InChI is InChI=1S/C16H14N2O6/c1-23-14-7-5-11(6-8-14)15(17-20)10-24-16(19)12-3-2-4-13(9-12)18(21)22/h2-9,20H,10H2,1H3/b17-15-. The smallest absolute Gasteiger partial charge is 0.338 e. The number of non-ortho nitro benzene ring substituents is 1. The molecule has 0 bridgehead atoms. The molecule has 8 heteroatoms. The van der Waals surface area contributed by atoms with Gasteiger partial charge >= 0.3 is 5.97 Å². The average molecular weight is 330 g/mol. The van der Waals surface area contributed by atoms with Crippen molar-refractivity contribution < 1.29 is 24.4 Å². The lowest BCUT2D eigenvalue weighted by atomic mass is 10.1. The van der Waals surface area contributed by atoms with Gasteiger partial charge in [-0.3, -0.25) is 10.1 Å². The topological polar surface area (TPSA) is 111 Å². The van der Waals surface area contributed by atoms with Gasteiger partial charge in [-0.15, -0.1) is 0 Å². The fourth-order valence-electron chi connectivity index (χ4n) is 1.92. The van der Waals surface area contributed by atoms with Gasteiger partial charge < -0.3 is 14.7 Å². The van der Waals surface area contributed by atoms with E-state index in [-0.39, 0.29) is 23.6 Å². The lowest BCUT2D eigenvalue weighted by molar-refractivity contribution is -0.384. The molecule has 0 aromatic heterocycles. The van der Waals surface area contributed by atoms with E-state index in [1.807, 2.05) is 0 Å². The molecule has 0 spiro atoms. The van der Waals surface area contributed by atoms with Crippen LogP contribution in [0.1, 0.15) is 15.9 Å². The van der Waals surface area contributed by atoms with E-state index in [1.54, 1.807) is 24.3 Å². The molecule has 2 rings (SSSR count). The van der Waals surface area contributed by atoms with E-state index >= 15 is 0 Å².